The lowest BCUT2D eigenvalue weighted by Gasteiger charge is -2.24. The normalized spacial score (nSPS) is 16.1. The van der Waals surface area contributed by atoms with Gasteiger partial charge in [0.05, 0.1) is 28.5 Å². The van der Waals surface area contributed by atoms with Gasteiger partial charge in [0.1, 0.15) is 5.82 Å². The summed E-state index contributed by atoms with van der Waals surface area (Å²) in [4.78, 5) is 31.1. The first-order valence-electron chi connectivity index (χ1n) is 9.60. The van der Waals surface area contributed by atoms with Crippen LogP contribution in [0.3, 0.4) is 0 Å². The highest BCUT2D eigenvalue weighted by atomic mass is 35.5. The molecule has 0 aliphatic carbocycles. The third kappa shape index (κ3) is 3.98. The highest BCUT2D eigenvalue weighted by Crippen LogP contribution is 2.30. The Morgan fingerprint density at radius 2 is 1.97 bits per heavy atom. The molecule has 0 fully saturated rings. The standard InChI is InChI=1S/C23H18ClFN2O3S/c1-3-30-22(29)19-13(2)26-23-27(20(19)14-8-10-16(25)11-9-14)21(28)18(31-23)12-15-6-4-5-7-17(15)24/h4-12,20H,3H2,1-2H3/b18-12+/t20-/m0/s1. The van der Waals surface area contributed by atoms with Crippen molar-refractivity contribution in [1.82, 2.24) is 4.57 Å². The number of allylic oxidation sites excluding steroid dienone is 1. The average Bonchev–Trinajstić information content (AvgIpc) is 3.04. The molecule has 8 heteroatoms. The van der Waals surface area contributed by atoms with Gasteiger partial charge in [0.15, 0.2) is 4.80 Å². The van der Waals surface area contributed by atoms with E-state index in [4.69, 9.17) is 16.3 Å². The molecule has 0 spiro atoms. The minimum atomic E-state index is -0.774. The van der Waals surface area contributed by atoms with Crippen molar-refractivity contribution in [3.8, 4) is 0 Å². The number of thiazole rings is 1. The zero-order valence-corrected chi connectivity index (χ0v) is 18.3. The molecule has 0 amide bonds. The van der Waals surface area contributed by atoms with Gasteiger partial charge in [0.25, 0.3) is 5.56 Å². The Labute approximate surface area is 186 Å². The van der Waals surface area contributed by atoms with E-state index in [2.05, 4.69) is 4.99 Å². The summed E-state index contributed by atoms with van der Waals surface area (Å²) in [7, 11) is 0. The third-order valence-corrected chi connectivity index (χ3v) is 6.22. The minimum Gasteiger partial charge on any atom is -0.463 e. The smallest absolute Gasteiger partial charge is 0.338 e. The molecule has 31 heavy (non-hydrogen) atoms. The topological polar surface area (TPSA) is 60.7 Å². The molecule has 1 aromatic heterocycles. The van der Waals surface area contributed by atoms with Crippen molar-refractivity contribution in [3.63, 3.8) is 0 Å². The van der Waals surface area contributed by atoms with E-state index in [0.29, 0.717) is 31.2 Å². The number of hydrogen-bond donors (Lipinski definition) is 0. The van der Waals surface area contributed by atoms with Crippen LogP contribution in [0, 0.1) is 5.82 Å². The first kappa shape index (κ1) is 21.2. The van der Waals surface area contributed by atoms with Gasteiger partial charge in [-0.3, -0.25) is 9.36 Å². The predicted molar refractivity (Wildman–Crippen MR) is 118 cm³/mol. The summed E-state index contributed by atoms with van der Waals surface area (Å²) in [6, 6.07) is 12.1. The Bertz CT molecular complexity index is 1370. The minimum absolute atomic E-state index is 0.183. The molecule has 1 aliphatic rings. The zero-order chi connectivity index (χ0) is 22.1. The molecule has 2 aromatic carbocycles. The molecule has 0 saturated heterocycles. The number of hydrogen-bond acceptors (Lipinski definition) is 5. The van der Waals surface area contributed by atoms with Crippen molar-refractivity contribution in [2.75, 3.05) is 6.61 Å². The molecule has 3 aromatic rings. The molecule has 2 heterocycles. The Morgan fingerprint density at radius 1 is 1.26 bits per heavy atom. The van der Waals surface area contributed by atoms with Gasteiger partial charge in [-0.05, 0) is 49.2 Å². The van der Waals surface area contributed by atoms with Gasteiger partial charge in [-0.2, -0.15) is 0 Å². The van der Waals surface area contributed by atoms with Crippen LogP contribution in [-0.4, -0.2) is 17.1 Å². The lowest BCUT2D eigenvalue weighted by molar-refractivity contribution is -0.139. The maximum atomic E-state index is 13.6. The maximum Gasteiger partial charge on any atom is 0.338 e. The Morgan fingerprint density at radius 3 is 2.65 bits per heavy atom. The Hall–Kier alpha value is -3.03. The quantitative estimate of drug-likeness (QED) is 0.564. The van der Waals surface area contributed by atoms with Crippen LogP contribution in [0.2, 0.25) is 5.02 Å². The summed E-state index contributed by atoms with van der Waals surface area (Å²) < 4.78 is 20.7. The Kier molecular flexibility index (Phi) is 5.89. The van der Waals surface area contributed by atoms with Crippen LogP contribution in [0.15, 0.2) is 69.6 Å². The molecule has 158 valence electrons. The summed E-state index contributed by atoms with van der Waals surface area (Å²) in [6.45, 7) is 3.59. The van der Waals surface area contributed by atoms with Gasteiger partial charge in [-0.15, -0.1) is 0 Å². The number of nitrogens with zero attached hydrogens (tertiary/aromatic N) is 2. The maximum absolute atomic E-state index is 13.6. The first-order valence-corrected chi connectivity index (χ1v) is 10.8. The average molecular weight is 457 g/mol. The second-order valence-electron chi connectivity index (χ2n) is 6.88. The lowest BCUT2D eigenvalue weighted by atomic mass is 9.96. The van der Waals surface area contributed by atoms with Gasteiger partial charge >= 0.3 is 5.97 Å². The second-order valence-corrected chi connectivity index (χ2v) is 8.29. The van der Waals surface area contributed by atoms with Crippen LogP contribution in [-0.2, 0) is 9.53 Å². The number of carbonyl (C=O) groups is 1. The van der Waals surface area contributed by atoms with E-state index in [1.807, 2.05) is 18.2 Å². The van der Waals surface area contributed by atoms with Crippen molar-refractivity contribution in [2.24, 2.45) is 4.99 Å². The molecule has 0 bridgehead atoms. The predicted octanol–water partition coefficient (Wildman–Crippen LogP) is 3.59. The fourth-order valence-corrected chi connectivity index (χ4v) is 4.71. The number of halogens is 2. The van der Waals surface area contributed by atoms with Gasteiger partial charge in [-0.25, -0.2) is 14.2 Å². The number of fused-ring (bicyclic) bond motifs is 1. The molecular weight excluding hydrogens is 439 g/mol. The summed E-state index contributed by atoms with van der Waals surface area (Å²) >= 11 is 7.46. The number of carbonyl (C=O) groups excluding carboxylic acids is 1. The number of aromatic nitrogens is 1. The lowest BCUT2D eigenvalue weighted by Crippen LogP contribution is -2.39. The van der Waals surface area contributed by atoms with E-state index >= 15 is 0 Å². The summed E-state index contributed by atoms with van der Waals surface area (Å²) in [5.41, 5.74) is 1.69. The molecule has 1 atom stereocenters. The number of rotatable bonds is 4. The molecule has 0 radical (unpaired) electrons. The summed E-state index contributed by atoms with van der Waals surface area (Å²) in [5.74, 6) is -0.966. The fraction of sp³-hybridized carbons (Fsp3) is 0.174. The Balaban J connectivity index is 1.97. The van der Waals surface area contributed by atoms with Crippen LogP contribution in [0.4, 0.5) is 4.39 Å². The zero-order valence-electron chi connectivity index (χ0n) is 16.8. The van der Waals surface area contributed by atoms with E-state index in [0.717, 1.165) is 0 Å². The van der Waals surface area contributed by atoms with Crippen molar-refractivity contribution in [3.05, 3.63) is 101 Å². The van der Waals surface area contributed by atoms with Crippen molar-refractivity contribution >= 4 is 35.0 Å². The second kappa shape index (κ2) is 8.61. The highest BCUT2D eigenvalue weighted by molar-refractivity contribution is 7.07. The van der Waals surface area contributed by atoms with Crippen LogP contribution < -0.4 is 14.9 Å². The fourth-order valence-electron chi connectivity index (χ4n) is 3.49. The highest BCUT2D eigenvalue weighted by Gasteiger charge is 2.33. The number of esters is 1. The summed E-state index contributed by atoms with van der Waals surface area (Å²) in [6.07, 6.45) is 1.71. The van der Waals surface area contributed by atoms with E-state index in [9.17, 15) is 14.0 Å². The molecule has 0 unspecified atom stereocenters. The largest absolute Gasteiger partial charge is 0.463 e. The summed E-state index contributed by atoms with van der Waals surface area (Å²) in [5, 5.41) is 0.520. The van der Waals surface area contributed by atoms with E-state index < -0.39 is 17.8 Å². The SMILES string of the molecule is CCOC(=O)C1=C(C)N=c2s/c(=C/c3ccccc3Cl)c(=O)n2[C@H]1c1ccc(F)cc1. The number of ether oxygens (including phenoxy) is 1. The third-order valence-electron chi connectivity index (χ3n) is 4.89. The van der Waals surface area contributed by atoms with Crippen LogP contribution in [0.1, 0.15) is 31.0 Å². The van der Waals surface area contributed by atoms with Gasteiger partial charge in [0, 0.05) is 5.02 Å². The molecule has 0 saturated carbocycles. The molecular formula is C23H18ClFN2O3S. The van der Waals surface area contributed by atoms with Crippen molar-refractivity contribution in [1.29, 1.82) is 0 Å². The van der Waals surface area contributed by atoms with Crippen LogP contribution in [0.25, 0.3) is 6.08 Å². The molecule has 0 N–H and O–H groups in total. The van der Waals surface area contributed by atoms with Gasteiger partial charge < -0.3 is 4.74 Å². The van der Waals surface area contributed by atoms with Crippen LogP contribution >= 0.6 is 22.9 Å². The van der Waals surface area contributed by atoms with Gasteiger partial charge in [-0.1, -0.05) is 53.3 Å². The number of benzene rings is 2. The molecule has 5 nitrogen and oxygen atoms in total. The monoisotopic (exact) mass is 456 g/mol. The first-order chi connectivity index (χ1) is 14.9. The van der Waals surface area contributed by atoms with E-state index in [1.165, 1.54) is 28.0 Å². The molecule has 1 aliphatic heterocycles. The molecule has 4 rings (SSSR count). The van der Waals surface area contributed by atoms with E-state index in [1.54, 1.807) is 38.1 Å². The van der Waals surface area contributed by atoms with E-state index in [-0.39, 0.29) is 17.7 Å². The van der Waals surface area contributed by atoms with Gasteiger partial charge in [0.2, 0.25) is 0 Å². The van der Waals surface area contributed by atoms with Crippen molar-refractivity contribution in [2.45, 2.75) is 19.9 Å². The van der Waals surface area contributed by atoms with Crippen LogP contribution in [0.5, 0.6) is 0 Å². The van der Waals surface area contributed by atoms with Crippen molar-refractivity contribution < 1.29 is 13.9 Å².